The van der Waals surface area contributed by atoms with Gasteiger partial charge < -0.3 is 10.1 Å². The predicted octanol–water partition coefficient (Wildman–Crippen LogP) is 3.04. The number of carbonyl (C=O) groups is 1. The third kappa shape index (κ3) is 2.81. The fourth-order valence-electron chi connectivity index (χ4n) is 2.02. The van der Waals surface area contributed by atoms with E-state index >= 15 is 0 Å². The first-order valence-corrected chi connectivity index (χ1v) is 6.02. The van der Waals surface area contributed by atoms with Crippen molar-refractivity contribution in [2.24, 2.45) is 5.92 Å². The fraction of sp³-hybridized carbons (Fsp3) is 0.286. The molecule has 1 heterocycles. The van der Waals surface area contributed by atoms with Gasteiger partial charge in [0.1, 0.15) is 17.6 Å². The zero-order valence-electron chi connectivity index (χ0n) is 10.7. The summed E-state index contributed by atoms with van der Waals surface area (Å²) < 4.78 is 13.1. The van der Waals surface area contributed by atoms with Crippen LogP contribution in [-0.2, 0) is 4.79 Å². The van der Waals surface area contributed by atoms with Crippen LogP contribution < -0.4 is 0 Å². The van der Waals surface area contributed by atoms with Crippen LogP contribution in [0.2, 0.25) is 0 Å². The standard InChI is InChI=1S/C14H15FN2O2/c1-8(2)12(14(18)19)13-16-7-11(17-13)9-4-3-5-10(15)6-9/h3-8,12H,1-2H3,(H,16,17)(H,18,19). The average molecular weight is 262 g/mol. The number of rotatable bonds is 4. The van der Waals surface area contributed by atoms with E-state index in [0.717, 1.165) is 0 Å². The molecule has 0 amide bonds. The number of H-pyrrole nitrogens is 1. The Kier molecular flexibility index (Phi) is 3.64. The Morgan fingerprint density at radius 1 is 1.42 bits per heavy atom. The van der Waals surface area contributed by atoms with Gasteiger partial charge in [-0.05, 0) is 18.1 Å². The van der Waals surface area contributed by atoms with Crippen molar-refractivity contribution in [1.82, 2.24) is 9.97 Å². The van der Waals surface area contributed by atoms with E-state index in [4.69, 9.17) is 0 Å². The monoisotopic (exact) mass is 262 g/mol. The normalized spacial score (nSPS) is 12.6. The Bertz CT molecular complexity index is 593. The van der Waals surface area contributed by atoms with E-state index < -0.39 is 11.9 Å². The number of aromatic amines is 1. The van der Waals surface area contributed by atoms with Crippen molar-refractivity contribution in [2.75, 3.05) is 0 Å². The third-order valence-corrected chi connectivity index (χ3v) is 2.96. The van der Waals surface area contributed by atoms with E-state index in [9.17, 15) is 14.3 Å². The van der Waals surface area contributed by atoms with Crippen molar-refractivity contribution >= 4 is 5.97 Å². The number of halogens is 1. The first kappa shape index (κ1) is 13.3. The van der Waals surface area contributed by atoms with Gasteiger partial charge in [-0.1, -0.05) is 26.0 Å². The molecule has 5 heteroatoms. The Labute approximate surface area is 110 Å². The molecule has 0 saturated carbocycles. The molecule has 0 bridgehead atoms. The number of benzene rings is 1. The number of aliphatic carboxylic acids is 1. The van der Waals surface area contributed by atoms with Crippen molar-refractivity contribution < 1.29 is 14.3 Å². The Balaban J connectivity index is 2.35. The van der Waals surface area contributed by atoms with Gasteiger partial charge in [0.15, 0.2) is 0 Å². The number of aromatic nitrogens is 2. The smallest absolute Gasteiger partial charge is 0.314 e. The largest absolute Gasteiger partial charge is 0.481 e. The molecule has 1 aromatic carbocycles. The number of nitrogens with one attached hydrogen (secondary N) is 1. The molecule has 0 aliphatic heterocycles. The molecule has 0 spiro atoms. The van der Waals surface area contributed by atoms with Crippen molar-refractivity contribution in [3.8, 4) is 11.3 Å². The Hall–Kier alpha value is -2.17. The second kappa shape index (κ2) is 5.22. The van der Waals surface area contributed by atoms with Crippen LogP contribution in [0.15, 0.2) is 30.5 Å². The quantitative estimate of drug-likeness (QED) is 0.890. The molecular weight excluding hydrogens is 247 g/mol. The number of carboxylic acids is 1. The molecule has 1 aromatic heterocycles. The number of hydrogen-bond acceptors (Lipinski definition) is 2. The van der Waals surface area contributed by atoms with Crippen LogP contribution in [0.4, 0.5) is 4.39 Å². The molecule has 0 saturated heterocycles. The Morgan fingerprint density at radius 3 is 2.74 bits per heavy atom. The van der Waals surface area contributed by atoms with Gasteiger partial charge in [-0.15, -0.1) is 0 Å². The van der Waals surface area contributed by atoms with Gasteiger partial charge in [0.25, 0.3) is 0 Å². The summed E-state index contributed by atoms with van der Waals surface area (Å²) >= 11 is 0. The molecule has 2 N–H and O–H groups in total. The topological polar surface area (TPSA) is 66.0 Å². The molecule has 1 atom stereocenters. The molecule has 19 heavy (non-hydrogen) atoms. The van der Waals surface area contributed by atoms with Crippen LogP contribution in [0.5, 0.6) is 0 Å². The van der Waals surface area contributed by atoms with Gasteiger partial charge in [-0.2, -0.15) is 0 Å². The number of imidazole rings is 1. The van der Waals surface area contributed by atoms with E-state index in [0.29, 0.717) is 17.1 Å². The van der Waals surface area contributed by atoms with Gasteiger partial charge >= 0.3 is 5.97 Å². The van der Waals surface area contributed by atoms with Crippen LogP contribution in [0.25, 0.3) is 11.3 Å². The van der Waals surface area contributed by atoms with Crippen molar-refractivity contribution in [3.05, 3.63) is 42.1 Å². The zero-order valence-corrected chi connectivity index (χ0v) is 10.7. The lowest BCUT2D eigenvalue weighted by atomic mass is 9.95. The number of hydrogen-bond donors (Lipinski definition) is 2. The molecule has 100 valence electrons. The minimum absolute atomic E-state index is 0.0796. The van der Waals surface area contributed by atoms with Gasteiger partial charge in [0.2, 0.25) is 0 Å². The van der Waals surface area contributed by atoms with Crippen LogP contribution in [0, 0.1) is 11.7 Å². The highest BCUT2D eigenvalue weighted by atomic mass is 19.1. The van der Waals surface area contributed by atoms with E-state index in [1.165, 1.54) is 18.3 Å². The molecular formula is C14H15FN2O2. The minimum atomic E-state index is -0.921. The molecule has 0 radical (unpaired) electrons. The molecule has 2 rings (SSSR count). The predicted molar refractivity (Wildman–Crippen MR) is 69.2 cm³/mol. The van der Waals surface area contributed by atoms with Crippen molar-refractivity contribution in [2.45, 2.75) is 19.8 Å². The summed E-state index contributed by atoms with van der Waals surface area (Å²) in [7, 11) is 0. The number of carboxylic acid groups (broad SMARTS) is 1. The zero-order chi connectivity index (χ0) is 14.0. The summed E-state index contributed by atoms with van der Waals surface area (Å²) in [5, 5.41) is 9.20. The lowest BCUT2D eigenvalue weighted by Gasteiger charge is -2.13. The van der Waals surface area contributed by atoms with Crippen LogP contribution in [0.3, 0.4) is 0 Å². The summed E-state index contributed by atoms with van der Waals surface area (Å²) in [5.74, 6) is -1.64. The maximum absolute atomic E-state index is 13.1. The van der Waals surface area contributed by atoms with E-state index in [1.54, 1.807) is 12.1 Å². The summed E-state index contributed by atoms with van der Waals surface area (Å²) in [4.78, 5) is 18.3. The van der Waals surface area contributed by atoms with Crippen LogP contribution >= 0.6 is 0 Å². The molecule has 1 unspecified atom stereocenters. The second-order valence-corrected chi connectivity index (χ2v) is 4.75. The van der Waals surface area contributed by atoms with Crippen LogP contribution in [-0.4, -0.2) is 21.0 Å². The van der Waals surface area contributed by atoms with Crippen molar-refractivity contribution in [1.29, 1.82) is 0 Å². The average Bonchev–Trinajstić information content (AvgIpc) is 2.77. The van der Waals surface area contributed by atoms with E-state index in [1.807, 2.05) is 13.8 Å². The third-order valence-electron chi connectivity index (χ3n) is 2.96. The highest BCUT2D eigenvalue weighted by Crippen LogP contribution is 2.25. The summed E-state index contributed by atoms with van der Waals surface area (Å²) in [6.07, 6.45) is 1.53. The number of nitrogens with zero attached hydrogens (tertiary/aromatic N) is 1. The first-order chi connectivity index (χ1) is 8.99. The maximum atomic E-state index is 13.1. The Morgan fingerprint density at radius 2 is 2.16 bits per heavy atom. The molecule has 0 aliphatic rings. The molecule has 0 aliphatic carbocycles. The molecule has 0 fully saturated rings. The summed E-state index contributed by atoms with van der Waals surface area (Å²) in [6, 6.07) is 6.07. The van der Waals surface area contributed by atoms with Gasteiger partial charge in [0, 0.05) is 5.56 Å². The van der Waals surface area contributed by atoms with Gasteiger partial charge in [0.05, 0.1) is 11.9 Å². The fourth-order valence-corrected chi connectivity index (χ4v) is 2.02. The minimum Gasteiger partial charge on any atom is -0.481 e. The summed E-state index contributed by atoms with van der Waals surface area (Å²) in [5.41, 5.74) is 1.26. The molecule has 4 nitrogen and oxygen atoms in total. The maximum Gasteiger partial charge on any atom is 0.314 e. The summed E-state index contributed by atoms with van der Waals surface area (Å²) in [6.45, 7) is 3.65. The SMILES string of the molecule is CC(C)C(C(=O)O)c1ncc(-c2cccc(F)c2)[nH]1. The van der Waals surface area contributed by atoms with Gasteiger partial charge in [-0.3, -0.25) is 4.79 Å². The highest BCUT2D eigenvalue weighted by Gasteiger charge is 2.26. The van der Waals surface area contributed by atoms with Gasteiger partial charge in [-0.25, -0.2) is 9.37 Å². The second-order valence-electron chi connectivity index (χ2n) is 4.75. The lowest BCUT2D eigenvalue weighted by molar-refractivity contribution is -0.140. The lowest BCUT2D eigenvalue weighted by Crippen LogP contribution is -2.18. The highest BCUT2D eigenvalue weighted by molar-refractivity contribution is 5.75. The van der Waals surface area contributed by atoms with E-state index in [2.05, 4.69) is 9.97 Å². The molecule has 2 aromatic rings. The van der Waals surface area contributed by atoms with E-state index in [-0.39, 0.29) is 11.7 Å². The van der Waals surface area contributed by atoms with Crippen molar-refractivity contribution in [3.63, 3.8) is 0 Å². The first-order valence-electron chi connectivity index (χ1n) is 6.02. The van der Waals surface area contributed by atoms with Crippen LogP contribution in [0.1, 0.15) is 25.6 Å².